The summed E-state index contributed by atoms with van der Waals surface area (Å²) in [5.41, 5.74) is 0. The van der Waals surface area contributed by atoms with Crippen molar-refractivity contribution in [3.63, 3.8) is 0 Å². The molecule has 0 amide bonds. The molecule has 2 nitrogen and oxygen atoms in total. The molecule has 1 spiro atoms. The van der Waals surface area contributed by atoms with Crippen LogP contribution in [0, 0.1) is 0 Å². The highest BCUT2D eigenvalue weighted by Crippen LogP contribution is 2.43. The van der Waals surface area contributed by atoms with Gasteiger partial charge in [-0.1, -0.05) is 0 Å². The summed E-state index contributed by atoms with van der Waals surface area (Å²) in [6, 6.07) is 0.730. The lowest BCUT2D eigenvalue weighted by molar-refractivity contribution is -0.0793. The van der Waals surface area contributed by atoms with Crippen LogP contribution in [0.1, 0.15) is 6.92 Å². The second-order valence-corrected chi connectivity index (χ2v) is 4.59. The van der Waals surface area contributed by atoms with E-state index in [1.807, 2.05) is 11.8 Å². The van der Waals surface area contributed by atoms with Crippen LogP contribution >= 0.6 is 11.8 Å². The summed E-state index contributed by atoms with van der Waals surface area (Å²) < 4.78 is 5.22. The lowest BCUT2D eigenvalue weighted by atomic mass is 10.2. The maximum Gasteiger partial charge on any atom is 0.114 e. The molecular weight excluding hydrogens is 146 g/mol. The van der Waals surface area contributed by atoms with Crippen LogP contribution in [-0.4, -0.2) is 41.8 Å². The normalized spacial score (nSPS) is 38.4. The van der Waals surface area contributed by atoms with Gasteiger partial charge in [-0.15, -0.1) is 11.8 Å². The molecule has 2 aliphatic rings. The van der Waals surface area contributed by atoms with Gasteiger partial charge in [0.05, 0.1) is 13.2 Å². The van der Waals surface area contributed by atoms with Crippen LogP contribution in [-0.2, 0) is 4.74 Å². The Balaban J connectivity index is 2.10. The van der Waals surface area contributed by atoms with E-state index in [-0.39, 0.29) is 0 Å². The lowest BCUT2D eigenvalue weighted by Crippen LogP contribution is -2.56. The first-order valence-electron chi connectivity index (χ1n) is 3.69. The van der Waals surface area contributed by atoms with Crippen LogP contribution in [0.5, 0.6) is 0 Å². The summed E-state index contributed by atoms with van der Waals surface area (Å²) in [4.78, 5) is 2.82. The Bertz CT molecular complexity index is 147. The molecule has 0 N–H and O–H groups in total. The maximum atomic E-state index is 5.22. The van der Waals surface area contributed by atoms with Crippen molar-refractivity contribution in [1.29, 1.82) is 0 Å². The molecule has 2 saturated heterocycles. The number of thioether (sulfide) groups is 1. The van der Waals surface area contributed by atoms with E-state index in [9.17, 15) is 0 Å². The molecule has 0 aliphatic carbocycles. The number of rotatable bonds is 0. The third kappa shape index (κ3) is 0.742. The summed E-state index contributed by atoms with van der Waals surface area (Å²) in [5, 5.41) is 0. The van der Waals surface area contributed by atoms with Gasteiger partial charge in [-0.2, -0.15) is 0 Å². The minimum Gasteiger partial charge on any atom is -0.376 e. The highest BCUT2D eigenvalue weighted by atomic mass is 32.2. The molecule has 2 aliphatic heterocycles. The first-order valence-corrected chi connectivity index (χ1v) is 4.68. The number of hydrogen-bond acceptors (Lipinski definition) is 3. The third-order valence-electron chi connectivity index (χ3n) is 2.55. The monoisotopic (exact) mass is 159 g/mol. The van der Waals surface area contributed by atoms with E-state index in [4.69, 9.17) is 4.74 Å². The number of ether oxygens (including phenoxy) is 1. The van der Waals surface area contributed by atoms with E-state index in [0.29, 0.717) is 4.87 Å². The van der Waals surface area contributed by atoms with Crippen LogP contribution in [0.2, 0.25) is 0 Å². The first-order chi connectivity index (χ1) is 4.75. The molecule has 0 radical (unpaired) electrons. The van der Waals surface area contributed by atoms with Crippen molar-refractivity contribution >= 4 is 11.8 Å². The number of likely N-dealkylation sites (N-methyl/N-ethyl adjacent to an activating group) is 1. The minimum absolute atomic E-state index is 0.374. The SMILES string of the molecule is C[C@@H]1CSC2(COC2)N1C. The van der Waals surface area contributed by atoms with Gasteiger partial charge in [0, 0.05) is 11.8 Å². The van der Waals surface area contributed by atoms with Crippen molar-refractivity contribution in [3.8, 4) is 0 Å². The van der Waals surface area contributed by atoms with Crippen molar-refractivity contribution in [3.05, 3.63) is 0 Å². The number of hydrogen-bond donors (Lipinski definition) is 0. The zero-order chi connectivity index (χ0) is 7.19. The Morgan fingerprint density at radius 1 is 1.60 bits per heavy atom. The van der Waals surface area contributed by atoms with Gasteiger partial charge in [0.2, 0.25) is 0 Å². The fourth-order valence-corrected chi connectivity index (χ4v) is 2.95. The summed E-state index contributed by atoms with van der Waals surface area (Å²) >= 11 is 2.05. The third-order valence-corrected chi connectivity index (χ3v) is 4.26. The predicted molar refractivity (Wildman–Crippen MR) is 43.2 cm³/mol. The molecular formula is C7H13NOS. The summed E-state index contributed by atoms with van der Waals surface area (Å²) in [6.45, 7) is 4.14. The lowest BCUT2D eigenvalue weighted by Gasteiger charge is -2.43. The van der Waals surface area contributed by atoms with E-state index in [0.717, 1.165) is 19.3 Å². The quantitative estimate of drug-likeness (QED) is 0.518. The first kappa shape index (κ1) is 6.95. The molecule has 3 heteroatoms. The van der Waals surface area contributed by atoms with Gasteiger partial charge in [0.1, 0.15) is 4.87 Å². The van der Waals surface area contributed by atoms with Gasteiger partial charge in [-0.3, -0.25) is 4.90 Å². The fraction of sp³-hybridized carbons (Fsp3) is 1.00. The van der Waals surface area contributed by atoms with Crippen molar-refractivity contribution < 1.29 is 4.74 Å². The average Bonchev–Trinajstić information content (AvgIpc) is 2.10. The molecule has 2 rings (SSSR count). The smallest absolute Gasteiger partial charge is 0.114 e. The highest BCUT2D eigenvalue weighted by Gasteiger charge is 2.49. The second-order valence-electron chi connectivity index (χ2n) is 3.21. The second kappa shape index (κ2) is 2.13. The van der Waals surface area contributed by atoms with Gasteiger partial charge >= 0.3 is 0 Å². The summed E-state index contributed by atoms with van der Waals surface area (Å²) in [5.74, 6) is 1.26. The summed E-state index contributed by atoms with van der Waals surface area (Å²) in [7, 11) is 2.20. The van der Waals surface area contributed by atoms with Crippen molar-refractivity contribution in [2.45, 2.75) is 17.8 Å². The molecule has 1 atom stereocenters. The maximum absolute atomic E-state index is 5.22. The van der Waals surface area contributed by atoms with Crippen LogP contribution in [0.3, 0.4) is 0 Å². The van der Waals surface area contributed by atoms with Crippen LogP contribution in [0.25, 0.3) is 0 Å². The Labute approximate surface area is 65.9 Å². The Kier molecular flexibility index (Phi) is 1.48. The average molecular weight is 159 g/mol. The molecule has 0 aromatic heterocycles. The van der Waals surface area contributed by atoms with E-state index in [1.54, 1.807) is 0 Å². The molecule has 58 valence electrons. The summed E-state index contributed by atoms with van der Waals surface area (Å²) in [6.07, 6.45) is 0. The Morgan fingerprint density at radius 3 is 2.50 bits per heavy atom. The number of nitrogens with zero attached hydrogens (tertiary/aromatic N) is 1. The van der Waals surface area contributed by atoms with Gasteiger partial charge < -0.3 is 4.74 Å². The van der Waals surface area contributed by atoms with Crippen molar-refractivity contribution in [1.82, 2.24) is 4.90 Å². The molecule has 0 unspecified atom stereocenters. The van der Waals surface area contributed by atoms with Crippen LogP contribution < -0.4 is 0 Å². The van der Waals surface area contributed by atoms with Crippen LogP contribution in [0.15, 0.2) is 0 Å². The van der Waals surface area contributed by atoms with Gasteiger partial charge in [-0.25, -0.2) is 0 Å². The highest BCUT2D eigenvalue weighted by molar-refractivity contribution is 8.01. The van der Waals surface area contributed by atoms with E-state index < -0.39 is 0 Å². The van der Waals surface area contributed by atoms with E-state index >= 15 is 0 Å². The zero-order valence-corrected chi connectivity index (χ0v) is 7.28. The molecule has 2 fully saturated rings. The minimum atomic E-state index is 0.374. The van der Waals surface area contributed by atoms with Crippen molar-refractivity contribution in [2.75, 3.05) is 26.0 Å². The molecule has 0 aromatic rings. The largest absolute Gasteiger partial charge is 0.376 e. The van der Waals surface area contributed by atoms with Gasteiger partial charge in [0.25, 0.3) is 0 Å². The van der Waals surface area contributed by atoms with Gasteiger partial charge in [0.15, 0.2) is 0 Å². The molecule has 2 heterocycles. The predicted octanol–water partition coefficient (Wildman–Crippen LogP) is 0.780. The zero-order valence-electron chi connectivity index (χ0n) is 6.46. The van der Waals surface area contributed by atoms with Gasteiger partial charge in [-0.05, 0) is 14.0 Å². The van der Waals surface area contributed by atoms with Crippen molar-refractivity contribution in [2.24, 2.45) is 0 Å². The topological polar surface area (TPSA) is 12.5 Å². The fourth-order valence-electron chi connectivity index (χ4n) is 1.45. The van der Waals surface area contributed by atoms with E-state index in [1.165, 1.54) is 5.75 Å². The Hall–Kier alpha value is 0.270. The van der Waals surface area contributed by atoms with E-state index in [2.05, 4.69) is 18.9 Å². The standard InChI is InChI=1S/C7H13NOS/c1-6-3-10-7(8(6)2)4-9-5-7/h6H,3-5H2,1-2H3/t6-/m1/s1. The van der Waals surface area contributed by atoms with Crippen LogP contribution in [0.4, 0.5) is 0 Å². The Morgan fingerprint density at radius 2 is 2.30 bits per heavy atom. The molecule has 0 aromatic carbocycles. The molecule has 0 bridgehead atoms. The molecule has 0 saturated carbocycles. The molecule has 10 heavy (non-hydrogen) atoms.